The first-order valence-electron chi connectivity index (χ1n) is 6.74. The average molecular weight is 253 g/mol. The highest BCUT2D eigenvalue weighted by atomic mass is 15.2. The molecule has 0 aliphatic carbocycles. The summed E-state index contributed by atoms with van der Waals surface area (Å²) in [4.78, 5) is 7.00. The number of aromatic nitrogens is 1. The molecule has 1 aliphatic rings. The van der Waals surface area contributed by atoms with Crippen LogP contribution in [0.25, 0.3) is 0 Å². The third kappa shape index (κ3) is 2.10. The Kier molecular flexibility index (Phi) is 2.99. The molecule has 1 unspecified atom stereocenters. The van der Waals surface area contributed by atoms with Gasteiger partial charge in [0.25, 0.3) is 0 Å². The summed E-state index contributed by atoms with van der Waals surface area (Å²) in [6.45, 7) is 4.82. The zero-order valence-corrected chi connectivity index (χ0v) is 11.4. The fourth-order valence-electron chi connectivity index (χ4n) is 2.88. The van der Waals surface area contributed by atoms with Crippen molar-refractivity contribution in [2.24, 2.45) is 5.73 Å². The van der Waals surface area contributed by atoms with Crippen molar-refractivity contribution in [2.75, 3.05) is 4.90 Å². The molecule has 2 heterocycles. The van der Waals surface area contributed by atoms with Gasteiger partial charge in [-0.1, -0.05) is 18.2 Å². The van der Waals surface area contributed by atoms with Crippen molar-refractivity contribution in [3.63, 3.8) is 0 Å². The number of pyridine rings is 1. The zero-order chi connectivity index (χ0) is 13.4. The van der Waals surface area contributed by atoms with Gasteiger partial charge in [-0.2, -0.15) is 0 Å². The lowest BCUT2D eigenvalue weighted by atomic mass is 10.1. The number of anilines is 2. The van der Waals surface area contributed by atoms with Gasteiger partial charge in [0.05, 0.1) is 0 Å². The molecular weight excluding hydrogens is 234 g/mol. The Bertz CT molecular complexity index is 607. The predicted octanol–water partition coefficient (Wildman–Crippen LogP) is 2.93. The minimum atomic E-state index is 0.442. The van der Waals surface area contributed by atoms with Crippen molar-refractivity contribution in [2.45, 2.75) is 32.9 Å². The van der Waals surface area contributed by atoms with E-state index in [-0.39, 0.29) is 0 Å². The summed E-state index contributed by atoms with van der Waals surface area (Å²) >= 11 is 0. The van der Waals surface area contributed by atoms with Crippen LogP contribution < -0.4 is 10.6 Å². The molecule has 3 nitrogen and oxygen atoms in total. The fraction of sp³-hybridized carbons (Fsp3) is 0.312. The van der Waals surface area contributed by atoms with E-state index in [2.05, 4.69) is 53.2 Å². The lowest BCUT2D eigenvalue weighted by Gasteiger charge is -2.24. The van der Waals surface area contributed by atoms with Gasteiger partial charge in [0.1, 0.15) is 5.82 Å². The van der Waals surface area contributed by atoms with Gasteiger partial charge < -0.3 is 10.6 Å². The number of fused-ring (bicyclic) bond motifs is 1. The van der Waals surface area contributed by atoms with Crippen LogP contribution in [0.2, 0.25) is 0 Å². The zero-order valence-electron chi connectivity index (χ0n) is 11.4. The summed E-state index contributed by atoms with van der Waals surface area (Å²) in [7, 11) is 0. The van der Waals surface area contributed by atoms with Gasteiger partial charge in [0.2, 0.25) is 0 Å². The maximum Gasteiger partial charge on any atom is 0.133 e. The van der Waals surface area contributed by atoms with Crippen molar-refractivity contribution < 1.29 is 0 Å². The average Bonchev–Trinajstić information content (AvgIpc) is 2.73. The van der Waals surface area contributed by atoms with Crippen LogP contribution in [0.1, 0.15) is 23.7 Å². The summed E-state index contributed by atoms with van der Waals surface area (Å²) in [5, 5.41) is 0. The molecule has 1 atom stereocenters. The third-order valence-electron chi connectivity index (χ3n) is 3.69. The van der Waals surface area contributed by atoms with Crippen LogP contribution >= 0.6 is 0 Å². The Labute approximate surface area is 114 Å². The number of nitrogens with two attached hydrogens (primary N) is 1. The van der Waals surface area contributed by atoms with Crippen molar-refractivity contribution in [3.05, 3.63) is 53.2 Å². The fourth-order valence-corrected chi connectivity index (χ4v) is 2.88. The first kappa shape index (κ1) is 12.2. The quantitative estimate of drug-likeness (QED) is 0.894. The van der Waals surface area contributed by atoms with Gasteiger partial charge in [-0.15, -0.1) is 0 Å². The highest BCUT2D eigenvalue weighted by Gasteiger charge is 2.27. The molecule has 0 saturated heterocycles. The van der Waals surface area contributed by atoms with Crippen molar-refractivity contribution >= 4 is 11.5 Å². The molecule has 98 valence electrons. The lowest BCUT2D eigenvalue weighted by molar-refractivity contribution is 0.748. The normalized spacial score (nSPS) is 17.6. The van der Waals surface area contributed by atoms with E-state index in [1.54, 1.807) is 0 Å². The van der Waals surface area contributed by atoms with Crippen LogP contribution in [-0.2, 0) is 13.0 Å². The van der Waals surface area contributed by atoms with E-state index in [1.165, 1.54) is 11.3 Å². The number of aryl methyl sites for hydroxylation is 1. The summed E-state index contributed by atoms with van der Waals surface area (Å²) in [6.07, 6.45) is 1.07. The van der Waals surface area contributed by atoms with Crippen LogP contribution in [0.5, 0.6) is 0 Å². The minimum absolute atomic E-state index is 0.442. The Balaban J connectivity index is 2.09. The van der Waals surface area contributed by atoms with E-state index >= 15 is 0 Å². The largest absolute Gasteiger partial charge is 0.326 e. The van der Waals surface area contributed by atoms with Crippen LogP contribution in [0.4, 0.5) is 11.5 Å². The van der Waals surface area contributed by atoms with Crippen molar-refractivity contribution in [1.82, 2.24) is 4.98 Å². The van der Waals surface area contributed by atoms with E-state index in [1.807, 2.05) is 6.92 Å². The molecule has 0 bridgehead atoms. The van der Waals surface area contributed by atoms with Crippen LogP contribution in [0.15, 0.2) is 36.4 Å². The molecule has 3 heteroatoms. The number of nitrogens with zero attached hydrogens (tertiary/aromatic N) is 2. The van der Waals surface area contributed by atoms with Gasteiger partial charge >= 0.3 is 0 Å². The number of rotatable bonds is 2. The second kappa shape index (κ2) is 4.67. The van der Waals surface area contributed by atoms with Gasteiger partial charge in [-0.25, -0.2) is 4.98 Å². The van der Waals surface area contributed by atoms with Crippen LogP contribution in [0, 0.1) is 6.92 Å². The number of hydrogen-bond donors (Lipinski definition) is 1. The molecule has 0 spiro atoms. The third-order valence-corrected chi connectivity index (χ3v) is 3.69. The molecule has 3 rings (SSSR count). The second-order valence-electron chi connectivity index (χ2n) is 5.23. The van der Waals surface area contributed by atoms with Gasteiger partial charge in [0, 0.05) is 24.0 Å². The molecule has 19 heavy (non-hydrogen) atoms. The molecule has 0 saturated carbocycles. The molecule has 0 radical (unpaired) electrons. The monoisotopic (exact) mass is 253 g/mol. The first-order chi connectivity index (χ1) is 9.19. The standard InChI is InChI=1S/C16H19N3/c1-11-7-13(10-17)9-16(18-11)19-12(2)8-14-5-3-4-6-15(14)19/h3-7,9,12H,8,10,17H2,1-2H3. The smallest absolute Gasteiger partial charge is 0.133 e. The maximum atomic E-state index is 5.77. The number of hydrogen-bond acceptors (Lipinski definition) is 3. The van der Waals surface area contributed by atoms with Crippen molar-refractivity contribution in [3.8, 4) is 0 Å². The summed E-state index contributed by atoms with van der Waals surface area (Å²) in [5.74, 6) is 1.01. The molecule has 0 amide bonds. The first-order valence-corrected chi connectivity index (χ1v) is 6.74. The molecular formula is C16H19N3. The molecule has 1 aliphatic heterocycles. The highest BCUT2D eigenvalue weighted by molar-refractivity contribution is 5.69. The van der Waals surface area contributed by atoms with E-state index in [0.717, 1.165) is 23.5 Å². The lowest BCUT2D eigenvalue weighted by Crippen LogP contribution is -2.25. The number of benzene rings is 1. The molecule has 1 aromatic heterocycles. The van der Waals surface area contributed by atoms with E-state index < -0.39 is 0 Å². The minimum Gasteiger partial charge on any atom is -0.326 e. The summed E-state index contributed by atoms with van der Waals surface area (Å²) < 4.78 is 0. The van der Waals surface area contributed by atoms with Gasteiger partial charge in [-0.05, 0) is 49.6 Å². The van der Waals surface area contributed by atoms with Crippen LogP contribution in [0.3, 0.4) is 0 Å². The molecule has 0 fully saturated rings. The van der Waals surface area contributed by atoms with E-state index in [4.69, 9.17) is 5.73 Å². The molecule has 1 aromatic carbocycles. The second-order valence-corrected chi connectivity index (χ2v) is 5.23. The Morgan fingerprint density at radius 1 is 1.32 bits per heavy atom. The summed E-state index contributed by atoms with van der Waals surface area (Å²) in [5.41, 5.74) is 10.6. The van der Waals surface area contributed by atoms with Gasteiger partial charge in [-0.3, -0.25) is 0 Å². The Morgan fingerprint density at radius 3 is 2.89 bits per heavy atom. The maximum absolute atomic E-state index is 5.77. The molecule has 2 aromatic rings. The van der Waals surface area contributed by atoms with Crippen molar-refractivity contribution in [1.29, 1.82) is 0 Å². The Hall–Kier alpha value is -1.87. The Morgan fingerprint density at radius 2 is 2.11 bits per heavy atom. The predicted molar refractivity (Wildman–Crippen MR) is 78.6 cm³/mol. The number of para-hydroxylation sites is 1. The van der Waals surface area contributed by atoms with E-state index in [0.29, 0.717) is 12.6 Å². The van der Waals surface area contributed by atoms with Crippen LogP contribution in [-0.4, -0.2) is 11.0 Å². The topological polar surface area (TPSA) is 42.1 Å². The van der Waals surface area contributed by atoms with E-state index in [9.17, 15) is 0 Å². The van der Waals surface area contributed by atoms with Gasteiger partial charge in [0.15, 0.2) is 0 Å². The summed E-state index contributed by atoms with van der Waals surface area (Å²) in [6, 6.07) is 13.2. The highest BCUT2D eigenvalue weighted by Crippen LogP contribution is 2.37. The SMILES string of the molecule is Cc1cc(CN)cc(N2c3ccccc3CC2C)n1. The molecule has 2 N–H and O–H groups in total.